The van der Waals surface area contributed by atoms with Crippen LogP contribution < -0.4 is 9.47 Å². The van der Waals surface area contributed by atoms with Gasteiger partial charge in [-0.05, 0) is 25.1 Å². The van der Waals surface area contributed by atoms with Crippen molar-refractivity contribution in [2.24, 2.45) is 0 Å². The van der Waals surface area contributed by atoms with Gasteiger partial charge < -0.3 is 9.47 Å². The summed E-state index contributed by atoms with van der Waals surface area (Å²) < 4.78 is 24.3. The molecule has 0 aliphatic heterocycles. The van der Waals surface area contributed by atoms with Gasteiger partial charge in [0.15, 0.2) is 17.9 Å². The van der Waals surface area contributed by atoms with Crippen molar-refractivity contribution in [3.63, 3.8) is 0 Å². The summed E-state index contributed by atoms with van der Waals surface area (Å²) in [7, 11) is 1.40. The molecule has 0 spiro atoms. The van der Waals surface area contributed by atoms with Crippen LogP contribution in [-0.4, -0.2) is 18.4 Å². The number of nitrogens with zero attached hydrogens (tertiary/aromatic N) is 1. The molecule has 0 aliphatic rings. The van der Waals surface area contributed by atoms with Gasteiger partial charge in [0.05, 0.1) is 7.11 Å². The lowest BCUT2D eigenvalue weighted by molar-refractivity contribution is 0.111. The molecule has 104 valence electrons. The SMILES string of the molecule is COc1cccc(COc2ccc(C)nc2C=O)c1F. The molecule has 0 saturated heterocycles. The first-order valence-electron chi connectivity index (χ1n) is 6.02. The van der Waals surface area contributed by atoms with Crippen LogP contribution in [0.1, 0.15) is 21.7 Å². The Kier molecular flexibility index (Phi) is 4.30. The number of carbonyl (C=O) groups is 1. The molecule has 2 aromatic rings. The van der Waals surface area contributed by atoms with Gasteiger partial charge >= 0.3 is 0 Å². The van der Waals surface area contributed by atoms with Crippen molar-refractivity contribution >= 4 is 6.29 Å². The summed E-state index contributed by atoms with van der Waals surface area (Å²) in [5, 5.41) is 0. The van der Waals surface area contributed by atoms with Gasteiger partial charge in [0.1, 0.15) is 18.1 Å². The molecule has 4 nitrogen and oxygen atoms in total. The summed E-state index contributed by atoms with van der Waals surface area (Å²) in [5.74, 6) is 0.0132. The first-order chi connectivity index (χ1) is 9.65. The monoisotopic (exact) mass is 275 g/mol. The predicted octanol–water partition coefficient (Wildman–Crippen LogP) is 2.93. The number of carbonyl (C=O) groups excluding carboxylic acids is 1. The van der Waals surface area contributed by atoms with Crippen LogP contribution in [0.4, 0.5) is 4.39 Å². The van der Waals surface area contributed by atoms with Crippen molar-refractivity contribution in [3.05, 3.63) is 53.1 Å². The molecule has 20 heavy (non-hydrogen) atoms. The number of benzene rings is 1. The molecule has 0 fully saturated rings. The van der Waals surface area contributed by atoms with Crippen LogP contribution in [0, 0.1) is 12.7 Å². The molecule has 2 rings (SSSR count). The van der Waals surface area contributed by atoms with Crippen molar-refractivity contribution < 1.29 is 18.7 Å². The molecule has 0 aliphatic carbocycles. The summed E-state index contributed by atoms with van der Waals surface area (Å²) in [4.78, 5) is 15.0. The van der Waals surface area contributed by atoms with E-state index in [1.165, 1.54) is 13.2 Å². The summed E-state index contributed by atoms with van der Waals surface area (Å²) >= 11 is 0. The fourth-order valence-corrected chi connectivity index (χ4v) is 1.75. The van der Waals surface area contributed by atoms with Crippen molar-refractivity contribution in [1.29, 1.82) is 0 Å². The Balaban J connectivity index is 2.19. The molecule has 0 amide bonds. The predicted molar refractivity (Wildman–Crippen MR) is 71.6 cm³/mol. The number of ether oxygens (including phenoxy) is 2. The Morgan fingerprint density at radius 2 is 2.05 bits per heavy atom. The van der Waals surface area contributed by atoms with Crippen LogP contribution in [0.2, 0.25) is 0 Å². The Bertz CT molecular complexity index is 629. The number of rotatable bonds is 5. The van der Waals surface area contributed by atoms with Gasteiger partial charge in [-0.1, -0.05) is 12.1 Å². The van der Waals surface area contributed by atoms with E-state index in [2.05, 4.69) is 4.98 Å². The van der Waals surface area contributed by atoms with Crippen LogP contribution in [0.15, 0.2) is 30.3 Å². The fraction of sp³-hybridized carbons (Fsp3) is 0.200. The van der Waals surface area contributed by atoms with E-state index in [4.69, 9.17) is 9.47 Å². The molecule has 1 aromatic heterocycles. The molecule has 0 bridgehead atoms. The maximum atomic E-state index is 13.9. The average Bonchev–Trinajstić information content (AvgIpc) is 2.47. The first kappa shape index (κ1) is 14.0. The lowest BCUT2D eigenvalue weighted by atomic mass is 10.2. The summed E-state index contributed by atoms with van der Waals surface area (Å²) in [6.45, 7) is 1.77. The van der Waals surface area contributed by atoms with E-state index >= 15 is 0 Å². The molecule has 0 atom stereocenters. The third-order valence-corrected chi connectivity index (χ3v) is 2.78. The highest BCUT2D eigenvalue weighted by Gasteiger charge is 2.10. The second kappa shape index (κ2) is 6.14. The molecule has 0 saturated carbocycles. The van der Waals surface area contributed by atoms with Crippen molar-refractivity contribution in [3.8, 4) is 11.5 Å². The van der Waals surface area contributed by atoms with E-state index in [0.29, 0.717) is 23.3 Å². The minimum absolute atomic E-state index is 0.00534. The molecular formula is C15H14FNO3. The summed E-state index contributed by atoms with van der Waals surface area (Å²) in [6.07, 6.45) is 0.615. The molecule has 5 heteroatoms. The topological polar surface area (TPSA) is 48.4 Å². The zero-order chi connectivity index (χ0) is 14.5. The summed E-state index contributed by atoms with van der Waals surface area (Å²) in [6, 6.07) is 8.17. The molecule has 0 unspecified atom stereocenters. The van der Waals surface area contributed by atoms with Crippen LogP contribution in [0.5, 0.6) is 11.5 Å². The van der Waals surface area contributed by atoms with E-state index in [0.717, 1.165) is 0 Å². The number of aryl methyl sites for hydroxylation is 1. The van der Waals surface area contributed by atoms with Gasteiger partial charge in [-0.3, -0.25) is 4.79 Å². The van der Waals surface area contributed by atoms with Gasteiger partial charge in [-0.2, -0.15) is 0 Å². The maximum Gasteiger partial charge on any atom is 0.172 e. The Morgan fingerprint density at radius 1 is 1.25 bits per heavy atom. The minimum Gasteiger partial charge on any atom is -0.494 e. The smallest absolute Gasteiger partial charge is 0.172 e. The highest BCUT2D eigenvalue weighted by Crippen LogP contribution is 2.22. The Labute approximate surface area is 116 Å². The van der Waals surface area contributed by atoms with E-state index < -0.39 is 5.82 Å². The second-order valence-electron chi connectivity index (χ2n) is 4.18. The summed E-state index contributed by atoms with van der Waals surface area (Å²) in [5.41, 5.74) is 1.27. The Hall–Kier alpha value is -2.43. The van der Waals surface area contributed by atoms with Crippen molar-refractivity contribution in [2.45, 2.75) is 13.5 Å². The lowest BCUT2D eigenvalue weighted by Crippen LogP contribution is -2.03. The lowest BCUT2D eigenvalue weighted by Gasteiger charge is -2.10. The number of methoxy groups -OCH3 is 1. The van der Waals surface area contributed by atoms with Crippen LogP contribution in [0.3, 0.4) is 0 Å². The average molecular weight is 275 g/mol. The first-order valence-corrected chi connectivity index (χ1v) is 6.02. The number of aldehydes is 1. The van der Waals surface area contributed by atoms with E-state index in [-0.39, 0.29) is 18.1 Å². The van der Waals surface area contributed by atoms with E-state index in [9.17, 15) is 9.18 Å². The standard InChI is InChI=1S/C15H14FNO3/c1-10-6-7-13(12(8-18)17-10)20-9-11-4-3-5-14(19-2)15(11)16/h3-8H,9H2,1-2H3. The maximum absolute atomic E-state index is 13.9. The third kappa shape index (κ3) is 2.93. The van der Waals surface area contributed by atoms with Gasteiger partial charge in [0, 0.05) is 11.3 Å². The van der Waals surface area contributed by atoms with Gasteiger partial charge in [-0.15, -0.1) is 0 Å². The van der Waals surface area contributed by atoms with Crippen LogP contribution >= 0.6 is 0 Å². The zero-order valence-corrected chi connectivity index (χ0v) is 11.2. The van der Waals surface area contributed by atoms with Crippen LogP contribution in [-0.2, 0) is 6.61 Å². The highest BCUT2D eigenvalue weighted by atomic mass is 19.1. The highest BCUT2D eigenvalue weighted by molar-refractivity contribution is 5.76. The minimum atomic E-state index is -0.470. The number of aromatic nitrogens is 1. The van der Waals surface area contributed by atoms with E-state index in [1.54, 1.807) is 31.2 Å². The normalized spacial score (nSPS) is 10.2. The van der Waals surface area contributed by atoms with Gasteiger partial charge in [-0.25, -0.2) is 9.37 Å². The number of pyridine rings is 1. The van der Waals surface area contributed by atoms with Gasteiger partial charge in [0.2, 0.25) is 0 Å². The fourth-order valence-electron chi connectivity index (χ4n) is 1.75. The van der Waals surface area contributed by atoms with Crippen LogP contribution in [0.25, 0.3) is 0 Å². The molecule has 1 aromatic carbocycles. The zero-order valence-electron chi connectivity index (χ0n) is 11.2. The van der Waals surface area contributed by atoms with Gasteiger partial charge in [0.25, 0.3) is 0 Å². The molecular weight excluding hydrogens is 261 g/mol. The largest absolute Gasteiger partial charge is 0.494 e. The van der Waals surface area contributed by atoms with E-state index in [1.807, 2.05) is 0 Å². The number of hydrogen-bond donors (Lipinski definition) is 0. The molecule has 0 radical (unpaired) electrons. The quantitative estimate of drug-likeness (QED) is 0.787. The second-order valence-corrected chi connectivity index (χ2v) is 4.18. The van der Waals surface area contributed by atoms with Crippen molar-refractivity contribution in [2.75, 3.05) is 7.11 Å². The molecule has 1 heterocycles. The number of halogens is 1. The third-order valence-electron chi connectivity index (χ3n) is 2.78. The Morgan fingerprint density at radius 3 is 2.75 bits per heavy atom. The van der Waals surface area contributed by atoms with Crippen molar-refractivity contribution in [1.82, 2.24) is 4.98 Å². The molecule has 0 N–H and O–H groups in total. The number of hydrogen-bond acceptors (Lipinski definition) is 4.